The summed E-state index contributed by atoms with van der Waals surface area (Å²) < 4.78 is 10.8. The number of nitro benzene ring substituents is 2. The number of anilines is 3. The number of amides is 2. The Labute approximate surface area is 390 Å². The van der Waals surface area contributed by atoms with Crippen molar-refractivity contribution in [3.8, 4) is 0 Å². The second-order valence-corrected chi connectivity index (χ2v) is 17.6. The first-order chi connectivity index (χ1) is 31.2. The van der Waals surface area contributed by atoms with Crippen LogP contribution in [0.3, 0.4) is 0 Å². The molecule has 2 aliphatic heterocycles. The number of nitrogens with zero attached hydrogens (tertiary/aromatic N) is 10. The first kappa shape index (κ1) is 52.2. The molecular formula is C43H54ClN11O12. The molecule has 4 heterocycles. The van der Waals surface area contributed by atoms with Crippen LogP contribution in [-0.2, 0) is 15.9 Å². The third-order valence-corrected chi connectivity index (χ3v) is 9.91. The van der Waals surface area contributed by atoms with Crippen molar-refractivity contribution in [1.29, 1.82) is 0 Å². The minimum atomic E-state index is -1.23. The van der Waals surface area contributed by atoms with Crippen LogP contribution < -0.4 is 15.5 Å². The molecule has 2 saturated heterocycles. The maximum atomic E-state index is 12.3. The molecular weight excluding hydrogens is 898 g/mol. The maximum Gasteiger partial charge on any atom is 0.410 e. The van der Waals surface area contributed by atoms with Crippen LogP contribution in [0.4, 0.5) is 38.3 Å². The highest BCUT2D eigenvalue weighted by molar-refractivity contribution is 6.28. The van der Waals surface area contributed by atoms with Gasteiger partial charge in [0.05, 0.1) is 21.0 Å². The lowest BCUT2D eigenvalue weighted by Crippen LogP contribution is -2.50. The topological polar surface area (TPSA) is 304 Å². The molecule has 24 heteroatoms. The summed E-state index contributed by atoms with van der Waals surface area (Å²) >= 11 is 5.85. The molecule has 2 aromatic carbocycles. The Balaban J connectivity index is 0.000000245. The van der Waals surface area contributed by atoms with Crippen LogP contribution in [0.1, 0.15) is 84.8 Å². The van der Waals surface area contributed by atoms with Crippen molar-refractivity contribution in [2.75, 3.05) is 67.9 Å². The fraction of sp³-hybridized carbons (Fsp3) is 0.442. The predicted molar refractivity (Wildman–Crippen MR) is 246 cm³/mol. The second-order valence-electron chi connectivity index (χ2n) is 17.3. The Hall–Kier alpha value is -7.43. The Morgan fingerprint density at radius 2 is 1.10 bits per heavy atom. The Morgan fingerprint density at radius 1 is 0.687 bits per heavy atom. The highest BCUT2D eigenvalue weighted by Gasteiger charge is 2.29. The monoisotopic (exact) mass is 951 g/mol. The van der Waals surface area contributed by atoms with Crippen LogP contribution in [0.15, 0.2) is 48.8 Å². The standard InChI is InChI=1S/C22H27N5O6.C14H21ClN4O2.C7H6N2O4/c1-14-13-23-18(12-15-5-6-16(20(28)29)11-17(15)27(31)32)24-19(14)25-7-9-26(10-8-25)21(30)33-22(2,3)4;1-10-9-16-12(15)17-11(10)18-5-7-19(8-6-18)13(20)21-14(2,3)4;8-5-2-1-4(7(10)11)3-6(5)9(12)13/h5-6,11,13H,7-10,12H2,1-4H3,(H,28,29);9H,5-8H2,1-4H3;1-3H,8H2,(H,10,11). The van der Waals surface area contributed by atoms with Crippen LogP contribution in [0.25, 0.3) is 0 Å². The summed E-state index contributed by atoms with van der Waals surface area (Å²) in [7, 11) is 0. The molecule has 2 fully saturated rings. The van der Waals surface area contributed by atoms with E-state index < -0.39 is 33.0 Å². The first-order valence-corrected chi connectivity index (χ1v) is 21.2. The number of benzene rings is 2. The van der Waals surface area contributed by atoms with Gasteiger partial charge in [-0.25, -0.2) is 39.1 Å². The van der Waals surface area contributed by atoms with Crippen molar-refractivity contribution >= 4 is 64.4 Å². The van der Waals surface area contributed by atoms with Gasteiger partial charge in [0.2, 0.25) is 5.28 Å². The lowest BCUT2D eigenvalue weighted by Gasteiger charge is -2.36. The third-order valence-electron chi connectivity index (χ3n) is 9.72. The first-order valence-electron chi connectivity index (χ1n) is 20.8. The number of aryl methyl sites for hydroxylation is 2. The number of nitro groups is 2. The Bertz CT molecular complexity index is 2480. The quantitative estimate of drug-likeness (QED) is 0.0743. The van der Waals surface area contributed by atoms with Gasteiger partial charge in [0, 0.05) is 100.0 Å². The van der Waals surface area contributed by atoms with Crippen molar-refractivity contribution in [2.45, 2.75) is 73.0 Å². The molecule has 0 bridgehead atoms. The number of ether oxygens (including phenoxy) is 2. The summed E-state index contributed by atoms with van der Waals surface area (Å²) in [5.41, 5.74) is 5.36. The molecule has 0 aliphatic carbocycles. The van der Waals surface area contributed by atoms with Gasteiger partial charge < -0.3 is 45.0 Å². The number of halogens is 1. The average molecular weight is 952 g/mol. The van der Waals surface area contributed by atoms with E-state index in [2.05, 4.69) is 24.8 Å². The predicted octanol–water partition coefficient (Wildman–Crippen LogP) is 6.41. The number of carboxylic acids is 2. The summed E-state index contributed by atoms with van der Waals surface area (Å²) in [6, 6.07) is 7.13. The van der Waals surface area contributed by atoms with Gasteiger partial charge in [-0.15, -0.1) is 0 Å². The smallest absolute Gasteiger partial charge is 0.410 e. The minimum Gasteiger partial charge on any atom is -0.478 e. The van der Waals surface area contributed by atoms with Crippen molar-refractivity contribution in [3.05, 3.63) is 108 Å². The fourth-order valence-corrected chi connectivity index (χ4v) is 6.61. The van der Waals surface area contributed by atoms with Gasteiger partial charge in [-0.05, 0) is 85.2 Å². The SMILES string of the molecule is Cc1cnc(Cc2ccc(C(=O)O)cc2[N+](=O)[O-])nc1N1CCN(C(=O)OC(C)(C)C)CC1.Cc1cnc(Cl)nc1N1CCN(C(=O)OC(C)(C)C)CC1.Nc1ccc(C(=O)O)cc1[N+](=O)[O-]. The number of piperazine rings is 2. The molecule has 4 aromatic rings. The molecule has 23 nitrogen and oxygen atoms in total. The lowest BCUT2D eigenvalue weighted by molar-refractivity contribution is -0.385. The van der Waals surface area contributed by atoms with Gasteiger partial charge in [-0.1, -0.05) is 6.07 Å². The number of hydrogen-bond acceptors (Lipinski definition) is 17. The fourth-order valence-electron chi connectivity index (χ4n) is 6.48. The van der Waals surface area contributed by atoms with Crippen molar-refractivity contribution < 1.29 is 48.7 Å². The number of carbonyl (C=O) groups excluding carboxylic acids is 2. The van der Waals surface area contributed by atoms with Gasteiger partial charge in [0.1, 0.15) is 34.3 Å². The van der Waals surface area contributed by atoms with E-state index in [1.54, 1.807) is 22.2 Å². The van der Waals surface area contributed by atoms with Crippen molar-refractivity contribution in [3.63, 3.8) is 0 Å². The summed E-state index contributed by atoms with van der Waals surface area (Å²) in [5, 5.41) is 39.6. The van der Waals surface area contributed by atoms with Crippen LogP contribution in [0.5, 0.6) is 0 Å². The van der Waals surface area contributed by atoms with E-state index in [1.165, 1.54) is 24.3 Å². The van der Waals surface area contributed by atoms with E-state index in [0.29, 0.717) is 69.6 Å². The van der Waals surface area contributed by atoms with E-state index >= 15 is 0 Å². The number of carbonyl (C=O) groups is 4. The number of nitrogens with two attached hydrogens (primary N) is 1. The van der Waals surface area contributed by atoms with E-state index in [-0.39, 0.29) is 52.1 Å². The zero-order valence-corrected chi connectivity index (χ0v) is 39.1. The zero-order chi connectivity index (χ0) is 50.0. The molecule has 6 rings (SSSR count). The molecule has 0 radical (unpaired) electrons. The molecule has 360 valence electrons. The second kappa shape index (κ2) is 22.2. The van der Waals surface area contributed by atoms with Gasteiger partial charge >= 0.3 is 24.1 Å². The number of rotatable bonds is 8. The third kappa shape index (κ3) is 15.3. The highest BCUT2D eigenvalue weighted by atomic mass is 35.5. The number of carboxylic acid groups (broad SMARTS) is 2. The van der Waals surface area contributed by atoms with Crippen LogP contribution >= 0.6 is 11.6 Å². The van der Waals surface area contributed by atoms with Gasteiger partial charge in [0.25, 0.3) is 11.4 Å². The molecule has 2 aromatic heterocycles. The molecule has 2 amide bonds. The molecule has 0 unspecified atom stereocenters. The summed E-state index contributed by atoms with van der Waals surface area (Å²) in [6.07, 6.45) is 2.85. The van der Waals surface area contributed by atoms with Crippen molar-refractivity contribution in [1.82, 2.24) is 29.7 Å². The van der Waals surface area contributed by atoms with E-state index in [9.17, 15) is 39.4 Å². The maximum absolute atomic E-state index is 12.3. The van der Waals surface area contributed by atoms with E-state index in [4.69, 9.17) is 37.0 Å². The molecule has 4 N–H and O–H groups in total. The molecule has 2 aliphatic rings. The molecule has 0 atom stereocenters. The number of aromatic nitrogens is 4. The summed E-state index contributed by atoms with van der Waals surface area (Å²) in [5.74, 6) is -0.532. The number of nitrogen functional groups attached to an aromatic ring is 1. The molecule has 0 saturated carbocycles. The molecule has 0 spiro atoms. The van der Waals surface area contributed by atoms with Gasteiger partial charge in [0.15, 0.2) is 0 Å². The Morgan fingerprint density at radius 3 is 1.54 bits per heavy atom. The lowest BCUT2D eigenvalue weighted by atomic mass is 10.1. The summed E-state index contributed by atoms with van der Waals surface area (Å²) in [4.78, 5) is 91.0. The number of hydrogen-bond donors (Lipinski definition) is 3. The minimum absolute atomic E-state index is 0.0463. The normalized spacial score (nSPS) is 13.9. The molecule has 67 heavy (non-hydrogen) atoms. The number of aromatic carboxylic acids is 2. The Kier molecular flexibility index (Phi) is 17.3. The van der Waals surface area contributed by atoms with Gasteiger partial charge in [-0.3, -0.25) is 20.2 Å². The summed E-state index contributed by atoms with van der Waals surface area (Å²) in [6.45, 7) is 19.6. The van der Waals surface area contributed by atoms with Crippen molar-refractivity contribution in [2.24, 2.45) is 0 Å². The largest absolute Gasteiger partial charge is 0.478 e. The highest BCUT2D eigenvalue weighted by Crippen LogP contribution is 2.26. The van der Waals surface area contributed by atoms with E-state index in [1.807, 2.05) is 60.3 Å². The zero-order valence-electron chi connectivity index (χ0n) is 38.4. The van der Waals surface area contributed by atoms with E-state index in [0.717, 1.165) is 29.1 Å². The van der Waals surface area contributed by atoms with Crippen LogP contribution in [-0.4, -0.2) is 137 Å². The van der Waals surface area contributed by atoms with Crippen LogP contribution in [0, 0.1) is 34.1 Å². The average Bonchev–Trinajstić information content (AvgIpc) is 3.24. The van der Waals surface area contributed by atoms with Crippen LogP contribution in [0.2, 0.25) is 5.28 Å². The van der Waals surface area contributed by atoms with Gasteiger partial charge in [-0.2, -0.15) is 0 Å².